The summed E-state index contributed by atoms with van der Waals surface area (Å²) in [6, 6.07) is 17.3. The van der Waals surface area contributed by atoms with E-state index in [9.17, 15) is 13.2 Å². The van der Waals surface area contributed by atoms with Crippen LogP contribution in [0.15, 0.2) is 60.7 Å². The zero-order valence-electron chi connectivity index (χ0n) is 13.8. The number of aryl methyl sites for hydroxylation is 1. The van der Waals surface area contributed by atoms with Crippen LogP contribution in [0.25, 0.3) is 33.3 Å². The van der Waals surface area contributed by atoms with E-state index >= 15 is 0 Å². The van der Waals surface area contributed by atoms with Crippen LogP contribution < -0.4 is 0 Å². The van der Waals surface area contributed by atoms with Crippen molar-refractivity contribution < 1.29 is 13.2 Å². The van der Waals surface area contributed by atoms with Gasteiger partial charge < -0.3 is 0 Å². The molecular weight excluding hydrogens is 337 g/mol. The summed E-state index contributed by atoms with van der Waals surface area (Å²) in [6.07, 6.45) is 0. The van der Waals surface area contributed by atoms with Crippen LogP contribution in [-0.2, 0) is 0 Å². The highest BCUT2D eigenvalue weighted by Crippen LogP contribution is 2.38. The largest absolute Gasteiger partial charge is 0.232 e. The molecule has 4 rings (SSSR count). The molecule has 26 heavy (non-hydrogen) atoms. The summed E-state index contributed by atoms with van der Waals surface area (Å²) in [5.41, 5.74) is 1.25. The molecule has 0 saturated carbocycles. The number of hydrogen-bond donors (Lipinski definition) is 0. The molecule has 0 spiro atoms. The van der Waals surface area contributed by atoms with Crippen molar-refractivity contribution in [3.8, 4) is 22.4 Å². The van der Waals surface area contributed by atoms with Crippen LogP contribution in [0, 0.1) is 24.4 Å². The van der Waals surface area contributed by atoms with Crippen LogP contribution in [0.5, 0.6) is 0 Å². The summed E-state index contributed by atoms with van der Waals surface area (Å²) < 4.78 is 43.8. The van der Waals surface area contributed by atoms with Gasteiger partial charge in [-0.2, -0.15) is 0 Å². The van der Waals surface area contributed by atoms with E-state index in [1.807, 2.05) is 6.07 Å². The minimum Gasteiger partial charge on any atom is -0.232 e. The standard InChI is InChI=1S/C21H13F3N2/c1-12-25-20(14-10-6-3-7-11-14)16-18(23)19(24)17(22)15(21(16)26-12)13-8-4-2-5-9-13/h2-11H,1H3. The second kappa shape index (κ2) is 6.26. The van der Waals surface area contributed by atoms with E-state index in [0.29, 0.717) is 17.0 Å². The molecule has 0 aliphatic carbocycles. The van der Waals surface area contributed by atoms with Gasteiger partial charge in [-0.1, -0.05) is 60.7 Å². The van der Waals surface area contributed by atoms with Crippen molar-refractivity contribution in [3.63, 3.8) is 0 Å². The maximum atomic E-state index is 14.7. The van der Waals surface area contributed by atoms with Crippen LogP contribution in [0.1, 0.15) is 5.82 Å². The van der Waals surface area contributed by atoms with Gasteiger partial charge in [-0.3, -0.25) is 0 Å². The van der Waals surface area contributed by atoms with Crippen molar-refractivity contribution in [2.45, 2.75) is 6.92 Å². The normalized spacial score (nSPS) is 11.1. The monoisotopic (exact) mass is 350 g/mol. The smallest absolute Gasteiger partial charge is 0.195 e. The van der Waals surface area contributed by atoms with Crippen molar-refractivity contribution in [2.24, 2.45) is 0 Å². The molecule has 0 unspecified atom stereocenters. The molecule has 0 atom stereocenters. The van der Waals surface area contributed by atoms with Crippen LogP contribution in [0.3, 0.4) is 0 Å². The zero-order valence-corrected chi connectivity index (χ0v) is 13.8. The Morgan fingerprint density at radius 3 is 1.85 bits per heavy atom. The van der Waals surface area contributed by atoms with E-state index in [-0.39, 0.29) is 22.2 Å². The average Bonchev–Trinajstić information content (AvgIpc) is 2.67. The van der Waals surface area contributed by atoms with Gasteiger partial charge in [0.15, 0.2) is 17.5 Å². The fraction of sp³-hybridized carbons (Fsp3) is 0.0476. The fourth-order valence-electron chi connectivity index (χ4n) is 3.05. The van der Waals surface area contributed by atoms with Crippen LogP contribution in [-0.4, -0.2) is 9.97 Å². The summed E-state index contributed by atoms with van der Waals surface area (Å²) in [5, 5.41) is -0.125. The molecule has 128 valence electrons. The quantitative estimate of drug-likeness (QED) is 0.434. The summed E-state index contributed by atoms with van der Waals surface area (Å²) >= 11 is 0. The number of aromatic nitrogens is 2. The average molecular weight is 350 g/mol. The van der Waals surface area contributed by atoms with Gasteiger partial charge in [-0.15, -0.1) is 0 Å². The highest BCUT2D eigenvalue weighted by molar-refractivity contribution is 6.01. The lowest BCUT2D eigenvalue weighted by molar-refractivity contribution is 0.455. The number of hydrogen-bond acceptors (Lipinski definition) is 2. The molecule has 0 saturated heterocycles. The van der Waals surface area contributed by atoms with Crippen molar-refractivity contribution in [2.75, 3.05) is 0 Å². The van der Waals surface area contributed by atoms with Gasteiger partial charge in [0.25, 0.3) is 0 Å². The Kier molecular flexibility index (Phi) is 3.92. The number of halogens is 3. The zero-order chi connectivity index (χ0) is 18.3. The first-order valence-corrected chi connectivity index (χ1v) is 8.03. The molecule has 0 amide bonds. The van der Waals surface area contributed by atoms with Crippen molar-refractivity contribution >= 4 is 10.9 Å². The van der Waals surface area contributed by atoms with E-state index in [2.05, 4.69) is 9.97 Å². The molecule has 1 heterocycles. The molecule has 0 aliphatic heterocycles. The number of fused-ring (bicyclic) bond motifs is 1. The van der Waals surface area contributed by atoms with Gasteiger partial charge in [0.05, 0.1) is 16.6 Å². The van der Waals surface area contributed by atoms with Gasteiger partial charge in [-0.25, -0.2) is 23.1 Å². The van der Waals surface area contributed by atoms with Crippen molar-refractivity contribution in [1.82, 2.24) is 9.97 Å². The molecule has 0 bridgehead atoms. The lowest BCUT2D eigenvalue weighted by Crippen LogP contribution is -2.03. The molecule has 5 heteroatoms. The first kappa shape index (κ1) is 16.3. The Hall–Kier alpha value is -3.21. The van der Waals surface area contributed by atoms with Crippen LogP contribution >= 0.6 is 0 Å². The van der Waals surface area contributed by atoms with Gasteiger partial charge in [0, 0.05) is 11.1 Å². The first-order valence-electron chi connectivity index (χ1n) is 8.03. The van der Waals surface area contributed by atoms with Gasteiger partial charge >= 0.3 is 0 Å². The van der Waals surface area contributed by atoms with Gasteiger partial charge in [-0.05, 0) is 12.5 Å². The predicted molar refractivity (Wildman–Crippen MR) is 95.0 cm³/mol. The molecule has 4 aromatic rings. The highest BCUT2D eigenvalue weighted by Gasteiger charge is 2.25. The van der Waals surface area contributed by atoms with E-state index in [1.165, 1.54) is 0 Å². The molecule has 0 N–H and O–H groups in total. The minimum atomic E-state index is -1.53. The third kappa shape index (κ3) is 2.52. The maximum Gasteiger partial charge on any atom is 0.195 e. The maximum absolute atomic E-state index is 14.7. The molecule has 1 aromatic heterocycles. The topological polar surface area (TPSA) is 25.8 Å². The Morgan fingerprint density at radius 2 is 1.23 bits per heavy atom. The second-order valence-corrected chi connectivity index (χ2v) is 5.89. The highest BCUT2D eigenvalue weighted by atomic mass is 19.2. The van der Waals surface area contributed by atoms with Crippen molar-refractivity contribution in [3.05, 3.63) is 83.9 Å². The van der Waals surface area contributed by atoms with E-state index < -0.39 is 17.5 Å². The van der Waals surface area contributed by atoms with Gasteiger partial charge in [0.1, 0.15) is 5.82 Å². The number of rotatable bonds is 2. The first-order chi connectivity index (χ1) is 12.6. The Bertz CT molecular complexity index is 1110. The molecule has 2 nitrogen and oxygen atoms in total. The molecule has 0 fully saturated rings. The SMILES string of the molecule is Cc1nc(-c2ccccc2)c2c(F)c(F)c(F)c(-c3ccccc3)c2n1. The van der Waals surface area contributed by atoms with E-state index in [4.69, 9.17) is 0 Å². The number of nitrogens with zero attached hydrogens (tertiary/aromatic N) is 2. The Balaban J connectivity index is 2.20. The second-order valence-electron chi connectivity index (χ2n) is 5.89. The predicted octanol–water partition coefficient (Wildman–Crippen LogP) is 5.69. The Labute approximate surface area is 148 Å². The third-order valence-electron chi connectivity index (χ3n) is 4.19. The Morgan fingerprint density at radius 1 is 0.654 bits per heavy atom. The summed E-state index contributed by atoms with van der Waals surface area (Å²) in [5.74, 6) is -3.71. The fourth-order valence-corrected chi connectivity index (χ4v) is 3.05. The van der Waals surface area contributed by atoms with E-state index in [1.54, 1.807) is 61.5 Å². The molecule has 0 aliphatic rings. The lowest BCUT2D eigenvalue weighted by atomic mass is 9.97. The van der Waals surface area contributed by atoms with Gasteiger partial charge in [0.2, 0.25) is 0 Å². The summed E-state index contributed by atoms with van der Waals surface area (Å²) in [7, 11) is 0. The van der Waals surface area contributed by atoms with E-state index in [0.717, 1.165) is 0 Å². The van der Waals surface area contributed by atoms with Crippen molar-refractivity contribution in [1.29, 1.82) is 0 Å². The molecular formula is C21H13F3N2. The summed E-state index contributed by atoms with van der Waals surface area (Å²) in [6.45, 7) is 1.64. The van der Waals surface area contributed by atoms with Crippen LogP contribution in [0.2, 0.25) is 0 Å². The lowest BCUT2D eigenvalue weighted by Gasteiger charge is -2.14. The van der Waals surface area contributed by atoms with Crippen LogP contribution in [0.4, 0.5) is 13.2 Å². The molecule has 3 aromatic carbocycles. The third-order valence-corrected chi connectivity index (χ3v) is 4.19. The summed E-state index contributed by atoms with van der Waals surface area (Å²) in [4.78, 5) is 8.54. The minimum absolute atomic E-state index is 0.0546. The molecule has 0 radical (unpaired) electrons. The number of benzene rings is 3.